The number of nitro groups is 2. The first-order valence-corrected chi connectivity index (χ1v) is 3.72. The average Bonchev–Trinajstić information content (AvgIpc) is 2.17. The van der Waals surface area contributed by atoms with E-state index in [1.165, 1.54) is 0 Å². The predicted molar refractivity (Wildman–Crippen MR) is 47.5 cm³/mol. The molecule has 0 aliphatic carbocycles. The number of rotatable bonds is 4. The molecule has 0 spiro atoms. The monoisotopic (exact) mass is 214 g/mol. The standard InChI is InChI=1S/C7H6N2O6/c10-4-15-7-3-5(8(11)12)1-2-6(7)9(13)14/h1-3,10H,4H2. The van der Waals surface area contributed by atoms with Crippen LogP contribution in [0.15, 0.2) is 18.2 Å². The summed E-state index contributed by atoms with van der Waals surface area (Å²) in [5.41, 5.74) is -0.779. The number of nitro benzene ring substituents is 2. The number of ether oxygens (including phenoxy) is 1. The van der Waals surface area contributed by atoms with Crippen LogP contribution in [0.25, 0.3) is 0 Å². The fourth-order valence-corrected chi connectivity index (χ4v) is 0.952. The van der Waals surface area contributed by atoms with E-state index in [4.69, 9.17) is 5.11 Å². The molecule has 0 aromatic heterocycles. The number of nitrogens with zero attached hydrogens (tertiary/aromatic N) is 2. The van der Waals surface area contributed by atoms with Gasteiger partial charge >= 0.3 is 5.69 Å². The maximum Gasteiger partial charge on any atom is 0.311 e. The molecule has 1 N–H and O–H groups in total. The van der Waals surface area contributed by atoms with Crippen LogP contribution in [0.2, 0.25) is 0 Å². The molecule has 0 amide bonds. The molecular weight excluding hydrogens is 208 g/mol. The lowest BCUT2D eigenvalue weighted by molar-refractivity contribution is -0.390. The zero-order valence-corrected chi connectivity index (χ0v) is 7.32. The second kappa shape index (κ2) is 4.33. The summed E-state index contributed by atoms with van der Waals surface area (Å²) >= 11 is 0. The minimum atomic E-state index is -0.790. The Labute approximate surface area is 83.0 Å². The van der Waals surface area contributed by atoms with E-state index in [1.807, 2.05) is 0 Å². The van der Waals surface area contributed by atoms with Crippen LogP contribution in [0.1, 0.15) is 0 Å². The van der Waals surface area contributed by atoms with E-state index in [0.29, 0.717) is 0 Å². The minimum absolute atomic E-state index is 0.336. The van der Waals surface area contributed by atoms with Gasteiger partial charge in [0.05, 0.1) is 15.9 Å². The third kappa shape index (κ3) is 2.38. The molecular formula is C7H6N2O6. The van der Waals surface area contributed by atoms with E-state index >= 15 is 0 Å². The lowest BCUT2D eigenvalue weighted by atomic mass is 10.2. The highest BCUT2D eigenvalue weighted by atomic mass is 16.6. The highest BCUT2D eigenvalue weighted by Crippen LogP contribution is 2.30. The molecule has 0 saturated carbocycles. The Kier molecular flexibility index (Phi) is 3.13. The summed E-state index contributed by atoms with van der Waals surface area (Å²) in [7, 11) is 0. The van der Waals surface area contributed by atoms with E-state index in [9.17, 15) is 20.2 Å². The molecule has 0 radical (unpaired) electrons. The van der Waals surface area contributed by atoms with Gasteiger partial charge in [-0.05, 0) is 0 Å². The largest absolute Gasteiger partial charge is 0.460 e. The fourth-order valence-electron chi connectivity index (χ4n) is 0.952. The lowest BCUT2D eigenvalue weighted by Gasteiger charge is -2.02. The minimum Gasteiger partial charge on any atom is -0.460 e. The summed E-state index contributed by atoms with van der Waals surface area (Å²) in [5.74, 6) is -0.336. The average molecular weight is 214 g/mol. The van der Waals surface area contributed by atoms with Crippen molar-refractivity contribution in [1.82, 2.24) is 0 Å². The molecule has 1 aromatic rings. The number of aliphatic hydroxyl groups excluding tert-OH is 1. The molecule has 8 nitrogen and oxygen atoms in total. The zero-order valence-electron chi connectivity index (χ0n) is 7.32. The van der Waals surface area contributed by atoms with Gasteiger partial charge in [-0.15, -0.1) is 0 Å². The van der Waals surface area contributed by atoms with Crippen molar-refractivity contribution in [3.8, 4) is 5.75 Å². The van der Waals surface area contributed by atoms with Gasteiger partial charge in [0, 0.05) is 12.1 Å². The Balaban J connectivity index is 3.20. The quantitative estimate of drug-likeness (QED) is 0.450. The van der Waals surface area contributed by atoms with Crippen LogP contribution in [-0.2, 0) is 0 Å². The molecule has 8 heteroatoms. The van der Waals surface area contributed by atoms with Gasteiger partial charge < -0.3 is 9.84 Å². The Bertz CT molecular complexity index is 404. The molecule has 0 aliphatic rings. The molecule has 0 bridgehead atoms. The van der Waals surface area contributed by atoms with Gasteiger partial charge in [0.15, 0.2) is 6.79 Å². The van der Waals surface area contributed by atoms with E-state index in [-0.39, 0.29) is 11.4 Å². The van der Waals surface area contributed by atoms with E-state index < -0.39 is 22.3 Å². The van der Waals surface area contributed by atoms with Gasteiger partial charge in [0.2, 0.25) is 5.75 Å². The highest BCUT2D eigenvalue weighted by molar-refractivity contribution is 5.52. The van der Waals surface area contributed by atoms with Crippen LogP contribution < -0.4 is 4.74 Å². The first-order chi connectivity index (χ1) is 7.06. The first-order valence-electron chi connectivity index (χ1n) is 3.72. The van der Waals surface area contributed by atoms with E-state index in [1.54, 1.807) is 0 Å². The Morgan fingerprint density at radius 2 is 1.93 bits per heavy atom. The molecule has 0 unspecified atom stereocenters. The van der Waals surface area contributed by atoms with Gasteiger partial charge in [-0.25, -0.2) is 0 Å². The first kappa shape index (κ1) is 10.9. The maximum absolute atomic E-state index is 10.5. The van der Waals surface area contributed by atoms with Crippen LogP contribution >= 0.6 is 0 Å². The molecule has 80 valence electrons. The van der Waals surface area contributed by atoms with Gasteiger partial charge in [0.1, 0.15) is 0 Å². The molecule has 0 saturated heterocycles. The van der Waals surface area contributed by atoms with Crippen molar-refractivity contribution in [2.45, 2.75) is 0 Å². The molecule has 15 heavy (non-hydrogen) atoms. The van der Waals surface area contributed by atoms with Crippen LogP contribution in [0.5, 0.6) is 5.75 Å². The SMILES string of the molecule is O=[N+]([O-])c1ccc([N+](=O)[O-])c(OCO)c1. The summed E-state index contributed by atoms with van der Waals surface area (Å²) < 4.78 is 4.50. The second-order valence-corrected chi connectivity index (χ2v) is 2.44. The van der Waals surface area contributed by atoms with Crippen LogP contribution in [0.3, 0.4) is 0 Å². The summed E-state index contributed by atoms with van der Waals surface area (Å²) in [5, 5.41) is 29.2. The number of aliphatic hydroxyl groups is 1. The van der Waals surface area contributed by atoms with Crippen LogP contribution in [0.4, 0.5) is 11.4 Å². The summed E-state index contributed by atoms with van der Waals surface area (Å²) in [6.45, 7) is -0.790. The van der Waals surface area contributed by atoms with Crippen molar-refractivity contribution >= 4 is 11.4 Å². The lowest BCUT2D eigenvalue weighted by Crippen LogP contribution is -2.00. The highest BCUT2D eigenvalue weighted by Gasteiger charge is 2.19. The van der Waals surface area contributed by atoms with Crippen molar-refractivity contribution < 1.29 is 19.7 Å². The molecule has 1 rings (SSSR count). The molecule has 1 aromatic carbocycles. The zero-order chi connectivity index (χ0) is 11.4. The maximum atomic E-state index is 10.5. The third-order valence-electron chi connectivity index (χ3n) is 1.57. The third-order valence-corrected chi connectivity index (χ3v) is 1.57. The van der Waals surface area contributed by atoms with Crippen molar-refractivity contribution in [2.75, 3.05) is 6.79 Å². The van der Waals surface area contributed by atoms with Crippen molar-refractivity contribution in [3.63, 3.8) is 0 Å². The van der Waals surface area contributed by atoms with Crippen molar-refractivity contribution in [2.24, 2.45) is 0 Å². The second-order valence-electron chi connectivity index (χ2n) is 2.44. The Morgan fingerprint density at radius 3 is 2.40 bits per heavy atom. The van der Waals surface area contributed by atoms with E-state index in [2.05, 4.69) is 4.74 Å². The van der Waals surface area contributed by atoms with Gasteiger partial charge in [0.25, 0.3) is 5.69 Å². The Hall–Kier alpha value is -2.22. The Morgan fingerprint density at radius 1 is 1.27 bits per heavy atom. The number of non-ortho nitro benzene ring substituents is 1. The topological polar surface area (TPSA) is 116 Å². The summed E-state index contributed by atoms with van der Waals surface area (Å²) in [4.78, 5) is 19.3. The molecule has 0 atom stereocenters. The molecule has 0 fully saturated rings. The van der Waals surface area contributed by atoms with Gasteiger partial charge in [-0.2, -0.15) is 0 Å². The number of benzene rings is 1. The van der Waals surface area contributed by atoms with E-state index in [0.717, 1.165) is 18.2 Å². The number of hydrogen-bond acceptors (Lipinski definition) is 6. The van der Waals surface area contributed by atoms with Crippen LogP contribution in [0, 0.1) is 20.2 Å². The van der Waals surface area contributed by atoms with Crippen LogP contribution in [-0.4, -0.2) is 21.7 Å². The number of hydrogen-bond donors (Lipinski definition) is 1. The van der Waals surface area contributed by atoms with Gasteiger partial charge in [-0.1, -0.05) is 0 Å². The van der Waals surface area contributed by atoms with Crippen molar-refractivity contribution in [1.29, 1.82) is 0 Å². The molecule has 0 aliphatic heterocycles. The normalized spacial score (nSPS) is 9.67. The molecule has 0 heterocycles. The fraction of sp³-hybridized carbons (Fsp3) is 0.143. The predicted octanol–water partition coefficient (Wildman–Crippen LogP) is 0.832. The smallest absolute Gasteiger partial charge is 0.311 e. The van der Waals surface area contributed by atoms with Crippen molar-refractivity contribution in [3.05, 3.63) is 38.4 Å². The summed E-state index contributed by atoms with van der Waals surface area (Å²) in [6, 6.07) is 2.82. The van der Waals surface area contributed by atoms with Gasteiger partial charge in [-0.3, -0.25) is 20.2 Å². The summed E-state index contributed by atoms with van der Waals surface area (Å²) in [6.07, 6.45) is 0.